The maximum absolute atomic E-state index is 12.7. The zero-order chi connectivity index (χ0) is 19.1. The van der Waals surface area contributed by atoms with Crippen molar-refractivity contribution in [1.82, 2.24) is 0 Å². The molecule has 144 valence electrons. The quantitative estimate of drug-likeness (QED) is 0.829. The highest BCUT2D eigenvalue weighted by molar-refractivity contribution is 7.93. The van der Waals surface area contributed by atoms with E-state index in [2.05, 4.69) is 4.72 Å². The fourth-order valence-electron chi connectivity index (χ4n) is 3.06. The van der Waals surface area contributed by atoms with Crippen LogP contribution in [0.15, 0.2) is 47.4 Å². The Morgan fingerprint density at radius 1 is 1.00 bits per heavy atom. The molecule has 2 aliphatic rings. The molecule has 1 N–H and O–H groups in total. The Labute approximate surface area is 157 Å². The van der Waals surface area contributed by atoms with E-state index in [4.69, 9.17) is 9.47 Å². The van der Waals surface area contributed by atoms with Gasteiger partial charge in [0.05, 0.1) is 22.0 Å². The van der Waals surface area contributed by atoms with Gasteiger partial charge >= 0.3 is 0 Å². The number of sulfonamides is 2. The summed E-state index contributed by atoms with van der Waals surface area (Å²) in [7, 11) is -7.24. The van der Waals surface area contributed by atoms with Crippen molar-refractivity contribution in [2.24, 2.45) is 0 Å². The van der Waals surface area contributed by atoms with E-state index >= 15 is 0 Å². The first-order valence-electron chi connectivity index (χ1n) is 8.38. The molecule has 0 bridgehead atoms. The molecule has 27 heavy (non-hydrogen) atoms. The van der Waals surface area contributed by atoms with Crippen LogP contribution in [0, 0.1) is 0 Å². The molecule has 1 fully saturated rings. The Morgan fingerprint density at radius 3 is 2.63 bits per heavy atom. The van der Waals surface area contributed by atoms with Crippen molar-refractivity contribution < 1.29 is 26.3 Å². The third-order valence-electron chi connectivity index (χ3n) is 4.39. The number of hydrogen-bond acceptors (Lipinski definition) is 6. The Balaban J connectivity index is 1.61. The molecule has 0 spiro atoms. The Bertz CT molecular complexity index is 1080. The zero-order valence-corrected chi connectivity index (χ0v) is 15.9. The topological polar surface area (TPSA) is 102 Å². The van der Waals surface area contributed by atoms with Crippen molar-refractivity contribution in [3.63, 3.8) is 0 Å². The molecule has 8 nitrogen and oxygen atoms in total. The average Bonchev–Trinajstić information content (AvgIpc) is 3.09. The number of nitrogens with one attached hydrogen (secondary N) is 1. The fraction of sp³-hybridized carbons (Fsp3) is 0.294. The van der Waals surface area contributed by atoms with Crippen molar-refractivity contribution in [2.45, 2.75) is 17.7 Å². The van der Waals surface area contributed by atoms with E-state index in [1.165, 1.54) is 28.6 Å². The van der Waals surface area contributed by atoms with Crippen molar-refractivity contribution in [3.05, 3.63) is 42.5 Å². The van der Waals surface area contributed by atoms with E-state index in [1.807, 2.05) is 0 Å². The molecule has 0 radical (unpaired) electrons. The standard InChI is InChI=1S/C17H18N2O6S2/c20-26(21)9-2-1-8-19(26)14-5-3-4-13(10-14)18-27(22,23)15-6-7-16-17(11-15)25-12-24-16/h3-7,10-11,18H,1-2,8-9,12H2. The van der Waals surface area contributed by atoms with Crippen LogP contribution in [-0.2, 0) is 20.0 Å². The maximum Gasteiger partial charge on any atom is 0.262 e. The van der Waals surface area contributed by atoms with E-state index in [0.29, 0.717) is 30.2 Å². The van der Waals surface area contributed by atoms with Gasteiger partial charge in [0.1, 0.15) is 0 Å². The molecule has 2 aliphatic heterocycles. The van der Waals surface area contributed by atoms with E-state index in [-0.39, 0.29) is 23.1 Å². The Hall–Kier alpha value is -2.46. The van der Waals surface area contributed by atoms with E-state index < -0.39 is 20.0 Å². The second-order valence-corrected chi connectivity index (χ2v) is 9.96. The van der Waals surface area contributed by atoms with Crippen molar-refractivity contribution in [1.29, 1.82) is 0 Å². The molecule has 2 aromatic rings. The second-order valence-electron chi connectivity index (χ2n) is 6.27. The molecule has 0 unspecified atom stereocenters. The van der Waals surface area contributed by atoms with Gasteiger partial charge in [-0.2, -0.15) is 0 Å². The van der Waals surface area contributed by atoms with Gasteiger partial charge in [-0.25, -0.2) is 16.8 Å². The molecule has 2 heterocycles. The van der Waals surface area contributed by atoms with Crippen molar-refractivity contribution in [3.8, 4) is 11.5 Å². The van der Waals surface area contributed by atoms with Gasteiger partial charge in [-0.05, 0) is 43.2 Å². The van der Waals surface area contributed by atoms with Crippen LogP contribution in [0.25, 0.3) is 0 Å². The lowest BCUT2D eigenvalue weighted by molar-refractivity contribution is 0.174. The van der Waals surface area contributed by atoms with Crippen LogP contribution in [0.3, 0.4) is 0 Å². The summed E-state index contributed by atoms with van der Waals surface area (Å²) in [6.45, 7) is 0.444. The number of benzene rings is 2. The highest BCUT2D eigenvalue weighted by atomic mass is 32.2. The number of rotatable bonds is 4. The lowest BCUT2D eigenvalue weighted by Gasteiger charge is -2.28. The summed E-state index contributed by atoms with van der Waals surface area (Å²) >= 11 is 0. The van der Waals surface area contributed by atoms with Crippen LogP contribution in [-0.4, -0.2) is 35.9 Å². The minimum absolute atomic E-state index is 0.0303. The second kappa shape index (κ2) is 6.61. The maximum atomic E-state index is 12.7. The highest BCUT2D eigenvalue weighted by Gasteiger charge is 2.26. The van der Waals surface area contributed by atoms with Crippen LogP contribution in [0.5, 0.6) is 11.5 Å². The molecule has 0 amide bonds. The van der Waals surface area contributed by atoms with Crippen molar-refractivity contribution >= 4 is 31.4 Å². The number of ether oxygens (including phenoxy) is 2. The minimum atomic E-state index is -3.86. The molecule has 0 aliphatic carbocycles. The van der Waals surface area contributed by atoms with Gasteiger partial charge in [0.2, 0.25) is 16.8 Å². The van der Waals surface area contributed by atoms with Gasteiger partial charge in [0.25, 0.3) is 10.0 Å². The highest BCUT2D eigenvalue weighted by Crippen LogP contribution is 2.34. The van der Waals surface area contributed by atoms with Crippen molar-refractivity contribution in [2.75, 3.05) is 28.1 Å². The summed E-state index contributed by atoms with van der Waals surface area (Å²) in [4.78, 5) is 0.0303. The molecule has 1 saturated heterocycles. The zero-order valence-electron chi connectivity index (χ0n) is 14.3. The van der Waals surface area contributed by atoms with Gasteiger partial charge in [0.15, 0.2) is 11.5 Å². The molecular weight excluding hydrogens is 392 g/mol. The number of nitrogens with zero attached hydrogens (tertiary/aromatic N) is 1. The molecular formula is C17H18N2O6S2. The van der Waals surface area contributed by atoms with Gasteiger partial charge in [-0.3, -0.25) is 9.03 Å². The molecule has 0 atom stereocenters. The Morgan fingerprint density at radius 2 is 1.81 bits per heavy atom. The lowest BCUT2D eigenvalue weighted by Crippen LogP contribution is -2.37. The lowest BCUT2D eigenvalue weighted by atomic mass is 10.2. The van der Waals surface area contributed by atoms with Crippen LogP contribution in [0.1, 0.15) is 12.8 Å². The average molecular weight is 410 g/mol. The number of hydrogen-bond donors (Lipinski definition) is 1. The Kier molecular flexibility index (Phi) is 4.39. The van der Waals surface area contributed by atoms with Gasteiger partial charge in [-0.15, -0.1) is 0 Å². The first-order chi connectivity index (χ1) is 12.9. The summed E-state index contributed by atoms with van der Waals surface area (Å²) < 4.78 is 64.1. The summed E-state index contributed by atoms with van der Waals surface area (Å²) in [5.74, 6) is 0.956. The summed E-state index contributed by atoms with van der Waals surface area (Å²) in [5.41, 5.74) is 0.728. The summed E-state index contributed by atoms with van der Waals surface area (Å²) in [6.07, 6.45) is 1.40. The summed E-state index contributed by atoms with van der Waals surface area (Å²) in [6, 6.07) is 10.7. The molecule has 0 saturated carbocycles. The minimum Gasteiger partial charge on any atom is -0.454 e. The van der Waals surface area contributed by atoms with E-state index in [0.717, 1.165) is 6.42 Å². The smallest absolute Gasteiger partial charge is 0.262 e. The number of anilines is 2. The van der Waals surface area contributed by atoms with E-state index in [1.54, 1.807) is 18.2 Å². The normalized spacial score (nSPS) is 18.3. The van der Waals surface area contributed by atoms with Crippen LogP contribution in [0.2, 0.25) is 0 Å². The van der Waals surface area contributed by atoms with Gasteiger partial charge in [0, 0.05) is 12.6 Å². The number of fused-ring (bicyclic) bond motifs is 1. The largest absolute Gasteiger partial charge is 0.454 e. The van der Waals surface area contributed by atoms with Crippen LogP contribution < -0.4 is 18.5 Å². The predicted molar refractivity (Wildman–Crippen MR) is 100 cm³/mol. The molecule has 4 rings (SSSR count). The summed E-state index contributed by atoms with van der Waals surface area (Å²) in [5, 5.41) is 0. The first-order valence-corrected chi connectivity index (χ1v) is 11.5. The monoisotopic (exact) mass is 410 g/mol. The first kappa shape index (κ1) is 17.9. The SMILES string of the molecule is O=S(=O)(Nc1cccc(N2CCCCS2(=O)=O)c1)c1ccc2c(c1)OCO2. The molecule has 0 aromatic heterocycles. The van der Waals surface area contributed by atoms with Gasteiger partial charge < -0.3 is 9.47 Å². The van der Waals surface area contributed by atoms with Gasteiger partial charge in [-0.1, -0.05) is 6.07 Å². The third kappa shape index (κ3) is 3.54. The fourth-order valence-corrected chi connectivity index (χ4v) is 5.76. The third-order valence-corrected chi connectivity index (χ3v) is 7.64. The van der Waals surface area contributed by atoms with Crippen LogP contribution >= 0.6 is 0 Å². The van der Waals surface area contributed by atoms with Crippen LogP contribution in [0.4, 0.5) is 11.4 Å². The molecule has 10 heteroatoms. The molecule has 2 aromatic carbocycles. The predicted octanol–water partition coefficient (Wildman–Crippen LogP) is 2.15. The van der Waals surface area contributed by atoms with E-state index in [9.17, 15) is 16.8 Å².